The molecule has 0 amide bonds. The maximum atomic E-state index is 2.53. The molecule has 0 aliphatic heterocycles. The summed E-state index contributed by atoms with van der Waals surface area (Å²) in [5.41, 5.74) is 0. The Morgan fingerprint density at radius 1 is 1.17 bits per heavy atom. The molecule has 0 rings (SSSR count). The highest BCUT2D eigenvalue weighted by atomic mass is 28.3. The fourth-order valence-corrected chi connectivity index (χ4v) is 4.30. The smallest absolute Gasteiger partial charge is 0.0514 e. The molecule has 0 heterocycles. The van der Waals surface area contributed by atoms with Crippen LogP contribution in [0.3, 0.4) is 0 Å². The topological polar surface area (TPSA) is 3.24 Å². The highest BCUT2D eigenvalue weighted by Gasteiger charge is 2.25. The molecule has 0 aromatic carbocycles. The lowest BCUT2D eigenvalue weighted by Crippen LogP contribution is -2.37. The average Bonchev–Trinajstić information content (AvgIpc) is 2.04. The SMILES string of the molecule is CC[Si](C)(CC)CC(C)N(C)C. The van der Waals surface area contributed by atoms with E-state index in [4.69, 9.17) is 0 Å². The summed E-state index contributed by atoms with van der Waals surface area (Å²) in [6.45, 7) is 9.60. The second-order valence-electron chi connectivity index (χ2n) is 4.53. The van der Waals surface area contributed by atoms with Gasteiger partial charge in [-0.25, -0.2) is 0 Å². The van der Waals surface area contributed by atoms with Crippen LogP contribution in [0.15, 0.2) is 0 Å². The van der Waals surface area contributed by atoms with Crippen LogP contribution in [0.25, 0.3) is 0 Å². The van der Waals surface area contributed by atoms with Gasteiger partial charge < -0.3 is 4.90 Å². The molecule has 0 saturated heterocycles. The van der Waals surface area contributed by atoms with Gasteiger partial charge in [-0.2, -0.15) is 0 Å². The molecule has 12 heavy (non-hydrogen) atoms. The van der Waals surface area contributed by atoms with Gasteiger partial charge in [0.15, 0.2) is 0 Å². The van der Waals surface area contributed by atoms with Gasteiger partial charge in [0, 0.05) is 6.04 Å². The summed E-state index contributed by atoms with van der Waals surface area (Å²) in [5, 5.41) is 0. The minimum atomic E-state index is -0.865. The van der Waals surface area contributed by atoms with Crippen LogP contribution in [-0.2, 0) is 0 Å². The van der Waals surface area contributed by atoms with Gasteiger partial charge >= 0.3 is 0 Å². The van der Waals surface area contributed by atoms with Gasteiger partial charge in [0.25, 0.3) is 0 Å². The van der Waals surface area contributed by atoms with Gasteiger partial charge in [0.1, 0.15) is 0 Å². The molecule has 1 atom stereocenters. The lowest BCUT2D eigenvalue weighted by Gasteiger charge is -2.31. The van der Waals surface area contributed by atoms with E-state index in [1.54, 1.807) is 0 Å². The quantitative estimate of drug-likeness (QED) is 0.598. The van der Waals surface area contributed by atoms with Gasteiger partial charge in [0.2, 0.25) is 0 Å². The van der Waals surface area contributed by atoms with Gasteiger partial charge in [-0.3, -0.25) is 0 Å². The molecule has 0 N–H and O–H groups in total. The molecule has 2 heteroatoms. The van der Waals surface area contributed by atoms with Crippen LogP contribution in [0.2, 0.25) is 24.7 Å². The van der Waals surface area contributed by atoms with E-state index in [1.807, 2.05) is 0 Å². The van der Waals surface area contributed by atoms with Crippen molar-refractivity contribution in [2.45, 2.75) is 51.5 Å². The Kier molecular flexibility index (Phi) is 5.10. The molecule has 0 aromatic rings. The fraction of sp³-hybridized carbons (Fsp3) is 1.00. The van der Waals surface area contributed by atoms with Crippen molar-refractivity contribution in [2.75, 3.05) is 14.1 Å². The van der Waals surface area contributed by atoms with Gasteiger partial charge in [-0.15, -0.1) is 0 Å². The Morgan fingerprint density at radius 3 is 1.83 bits per heavy atom. The zero-order chi connectivity index (χ0) is 9.78. The molecule has 0 saturated carbocycles. The molecule has 74 valence electrons. The summed E-state index contributed by atoms with van der Waals surface area (Å²) in [6, 6.07) is 5.08. The van der Waals surface area contributed by atoms with Crippen molar-refractivity contribution in [3.8, 4) is 0 Å². The lowest BCUT2D eigenvalue weighted by molar-refractivity contribution is 0.332. The molecule has 0 spiro atoms. The summed E-state index contributed by atoms with van der Waals surface area (Å²) in [5.74, 6) is 0. The number of hydrogen-bond acceptors (Lipinski definition) is 1. The molecule has 0 aliphatic rings. The second kappa shape index (κ2) is 5.03. The first-order valence-electron chi connectivity index (χ1n) is 5.11. The standard InChI is InChI=1S/C10H25NSi/c1-7-12(6,8-2)9-10(3)11(4)5/h10H,7-9H2,1-6H3. The Morgan fingerprint density at radius 2 is 1.58 bits per heavy atom. The Labute approximate surface area is 79.2 Å². The van der Waals surface area contributed by atoms with E-state index >= 15 is 0 Å². The normalized spacial score (nSPS) is 15.2. The number of rotatable bonds is 5. The lowest BCUT2D eigenvalue weighted by atomic mass is 10.4. The third kappa shape index (κ3) is 3.72. The molecule has 1 unspecified atom stereocenters. The molecular weight excluding hydrogens is 162 g/mol. The minimum Gasteiger partial charge on any atom is -0.307 e. The Hall–Kier alpha value is 0.177. The van der Waals surface area contributed by atoms with Gasteiger partial charge in [0.05, 0.1) is 8.07 Å². The number of nitrogens with zero attached hydrogens (tertiary/aromatic N) is 1. The van der Waals surface area contributed by atoms with Gasteiger partial charge in [-0.1, -0.05) is 32.5 Å². The molecule has 1 nitrogen and oxygen atoms in total. The minimum absolute atomic E-state index is 0.765. The van der Waals surface area contributed by atoms with Crippen molar-refractivity contribution in [3.63, 3.8) is 0 Å². The molecule has 0 aliphatic carbocycles. The molecular formula is C10H25NSi. The van der Waals surface area contributed by atoms with Crippen molar-refractivity contribution < 1.29 is 0 Å². The average molecular weight is 187 g/mol. The van der Waals surface area contributed by atoms with Crippen LogP contribution in [0.5, 0.6) is 0 Å². The fourth-order valence-electron chi connectivity index (χ4n) is 1.43. The van der Waals surface area contributed by atoms with Gasteiger partial charge in [-0.05, 0) is 27.1 Å². The van der Waals surface area contributed by atoms with Crippen molar-refractivity contribution >= 4 is 8.07 Å². The van der Waals surface area contributed by atoms with Crippen molar-refractivity contribution in [2.24, 2.45) is 0 Å². The van der Waals surface area contributed by atoms with E-state index in [2.05, 4.69) is 46.3 Å². The van der Waals surface area contributed by atoms with E-state index < -0.39 is 8.07 Å². The summed E-state index contributed by atoms with van der Waals surface area (Å²) >= 11 is 0. The summed E-state index contributed by atoms with van der Waals surface area (Å²) < 4.78 is 0. The largest absolute Gasteiger partial charge is 0.307 e. The number of hydrogen-bond donors (Lipinski definition) is 0. The van der Waals surface area contributed by atoms with E-state index in [0.29, 0.717) is 0 Å². The maximum absolute atomic E-state index is 2.53. The van der Waals surface area contributed by atoms with Crippen molar-refractivity contribution in [1.82, 2.24) is 4.90 Å². The predicted molar refractivity (Wildman–Crippen MR) is 60.5 cm³/mol. The first-order chi connectivity index (χ1) is 5.45. The van der Waals surface area contributed by atoms with E-state index in [0.717, 1.165) is 6.04 Å². The molecule has 0 bridgehead atoms. The highest BCUT2D eigenvalue weighted by Crippen LogP contribution is 2.23. The van der Waals surface area contributed by atoms with Crippen LogP contribution in [0.4, 0.5) is 0 Å². The van der Waals surface area contributed by atoms with E-state index in [-0.39, 0.29) is 0 Å². The van der Waals surface area contributed by atoms with E-state index in [1.165, 1.54) is 18.1 Å². The second-order valence-corrected chi connectivity index (χ2v) is 9.98. The zero-order valence-electron chi connectivity index (χ0n) is 9.65. The summed E-state index contributed by atoms with van der Waals surface area (Å²) in [4.78, 5) is 2.34. The summed E-state index contributed by atoms with van der Waals surface area (Å²) in [6.07, 6.45) is 0. The third-order valence-electron chi connectivity index (χ3n) is 3.38. The van der Waals surface area contributed by atoms with Crippen LogP contribution >= 0.6 is 0 Å². The Balaban J connectivity index is 4.02. The predicted octanol–water partition coefficient (Wildman–Crippen LogP) is 3.05. The molecule has 0 fully saturated rings. The monoisotopic (exact) mass is 187 g/mol. The van der Waals surface area contributed by atoms with Crippen molar-refractivity contribution in [1.29, 1.82) is 0 Å². The Bertz CT molecular complexity index is 119. The first-order valence-corrected chi connectivity index (χ1v) is 8.23. The highest BCUT2D eigenvalue weighted by molar-refractivity contribution is 6.78. The van der Waals surface area contributed by atoms with Crippen LogP contribution < -0.4 is 0 Å². The van der Waals surface area contributed by atoms with Crippen LogP contribution in [0, 0.1) is 0 Å². The maximum Gasteiger partial charge on any atom is 0.0514 e. The first kappa shape index (κ1) is 12.2. The summed E-state index contributed by atoms with van der Waals surface area (Å²) in [7, 11) is 3.51. The van der Waals surface area contributed by atoms with Crippen LogP contribution in [0.1, 0.15) is 20.8 Å². The molecule has 0 radical (unpaired) electrons. The van der Waals surface area contributed by atoms with Crippen molar-refractivity contribution in [3.05, 3.63) is 0 Å². The van der Waals surface area contributed by atoms with Crippen LogP contribution in [-0.4, -0.2) is 33.1 Å². The zero-order valence-corrected chi connectivity index (χ0v) is 10.6. The third-order valence-corrected chi connectivity index (χ3v) is 8.37. The molecule has 0 aromatic heterocycles. The van der Waals surface area contributed by atoms with E-state index in [9.17, 15) is 0 Å².